The van der Waals surface area contributed by atoms with Gasteiger partial charge in [0.05, 0.1) is 11.5 Å². The molecule has 1 aromatic rings. The highest BCUT2D eigenvalue weighted by atomic mass is 19.1. The van der Waals surface area contributed by atoms with Crippen LogP contribution in [0.3, 0.4) is 0 Å². The van der Waals surface area contributed by atoms with Crippen molar-refractivity contribution in [2.75, 3.05) is 33.7 Å². The lowest BCUT2D eigenvalue weighted by Crippen LogP contribution is -2.61. The fourth-order valence-electron chi connectivity index (χ4n) is 12.6. The minimum Gasteiger partial charge on any atom is -0.481 e. The highest BCUT2D eigenvalue weighted by Crippen LogP contribution is 2.72. The Balaban J connectivity index is 0.000000677. The lowest BCUT2D eigenvalue weighted by Gasteiger charge is -2.67. The standard InChI is InChI=1S/C41H61FN2O4.C6H12O2/c1-26(2)37-33(46)22-41(36(47)24-44(21-20-43(6)7)23-28-8-10-29(42)11-9-28)19-15-32-30(38(37)41)12-13-35-39(4)18-16-34(48-25-45)27(3)31(39)14-17-40(32,35)5;1-4-6(2,3)5(7)8/h8-11,25-27,30-32,34-36,47H,12-24H2,1-7H3;4H2,1-3H3,(H,7,8). The van der Waals surface area contributed by atoms with Crippen molar-refractivity contribution in [3.63, 3.8) is 0 Å². The van der Waals surface area contributed by atoms with Gasteiger partial charge in [0.2, 0.25) is 0 Å². The van der Waals surface area contributed by atoms with Crippen LogP contribution >= 0.6 is 0 Å². The molecule has 5 aliphatic carbocycles. The number of likely N-dealkylation sites (N-methyl/N-ethyl adjacent to an activating group) is 1. The van der Waals surface area contributed by atoms with Crippen molar-refractivity contribution in [2.45, 2.75) is 138 Å². The van der Waals surface area contributed by atoms with E-state index >= 15 is 0 Å². The van der Waals surface area contributed by atoms with Crippen LogP contribution in [0.15, 0.2) is 35.4 Å². The zero-order chi connectivity index (χ0) is 41.4. The van der Waals surface area contributed by atoms with Crippen LogP contribution in [0.2, 0.25) is 0 Å². The minimum atomic E-state index is -0.722. The third kappa shape index (κ3) is 8.43. The average Bonchev–Trinajstić information content (AvgIpc) is 3.46. The van der Waals surface area contributed by atoms with E-state index in [-0.39, 0.29) is 34.5 Å². The summed E-state index contributed by atoms with van der Waals surface area (Å²) in [6.45, 7) is 20.5. The number of carbonyl (C=O) groups is 3. The van der Waals surface area contributed by atoms with Crippen molar-refractivity contribution in [1.29, 1.82) is 0 Å². The van der Waals surface area contributed by atoms with Gasteiger partial charge >= 0.3 is 5.97 Å². The first kappa shape index (κ1) is 44.5. The van der Waals surface area contributed by atoms with Gasteiger partial charge in [0.15, 0.2) is 5.78 Å². The van der Waals surface area contributed by atoms with Gasteiger partial charge in [-0.1, -0.05) is 59.2 Å². The molecule has 10 atom stereocenters. The highest BCUT2D eigenvalue weighted by Gasteiger charge is 2.65. The van der Waals surface area contributed by atoms with Gasteiger partial charge in [-0.15, -0.1) is 0 Å². The molecule has 2 N–H and O–H groups in total. The SMILES string of the molecule is CC(C)C1=C2C3CCC4C(C)(CCC5C(C)C(OC=O)CCC54C)C3CCC2(C(O)CN(CCN(C)C)Cc2ccc(F)cc2)CC1=O.CCC(C)(C)C(=O)O. The number of nitrogens with zero attached hydrogens (tertiary/aromatic N) is 2. The number of hydrogen-bond donors (Lipinski definition) is 2. The van der Waals surface area contributed by atoms with Crippen molar-refractivity contribution >= 4 is 18.2 Å². The number of carboxylic acid groups (broad SMARTS) is 1. The molecule has 0 amide bonds. The van der Waals surface area contributed by atoms with Crippen LogP contribution in [0.25, 0.3) is 0 Å². The summed E-state index contributed by atoms with van der Waals surface area (Å²) in [6.07, 6.45) is 9.05. The van der Waals surface area contributed by atoms with E-state index in [9.17, 15) is 23.9 Å². The number of ketones is 1. The topological polar surface area (TPSA) is 107 Å². The summed E-state index contributed by atoms with van der Waals surface area (Å²) >= 11 is 0. The Kier molecular flexibility index (Phi) is 13.7. The van der Waals surface area contributed by atoms with Crippen molar-refractivity contribution < 1.29 is 33.7 Å². The van der Waals surface area contributed by atoms with E-state index < -0.39 is 22.9 Å². The van der Waals surface area contributed by atoms with Gasteiger partial charge in [0.25, 0.3) is 6.47 Å². The molecule has 56 heavy (non-hydrogen) atoms. The predicted octanol–water partition coefficient (Wildman–Crippen LogP) is 8.80. The van der Waals surface area contributed by atoms with Crippen LogP contribution in [-0.2, 0) is 25.7 Å². The summed E-state index contributed by atoms with van der Waals surface area (Å²) < 4.78 is 19.3. The Morgan fingerprint density at radius 3 is 2.20 bits per heavy atom. The molecule has 0 spiro atoms. The molecular weight excluding hydrogens is 708 g/mol. The molecule has 0 saturated heterocycles. The molecule has 0 heterocycles. The largest absolute Gasteiger partial charge is 0.481 e. The fraction of sp³-hybridized carbons (Fsp3) is 0.766. The summed E-state index contributed by atoms with van der Waals surface area (Å²) in [7, 11) is 4.13. The van der Waals surface area contributed by atoms with E-state index in [0.717, 1.165) is 62.8 Å². The second kappa shape index (κ2) is 17.3. The molecule has 0 aliphatic heterocycles. The first-order valence-corrected chi connectivity index (χ1v) is 21.7. The number of rotatable bonds is 13. The van der Waals surface area contributed by atoms with Crippen molar-refractivity contribution in [3.8, 4) is 0 Å². The van der Waals surface area contributed by atoms with E-state index in [1.807, 2.05) is 19.1 Å². The van der Waals surface area contributed by atoms with E-state index in [4.69, 9.17) is 9.84 Å². The molecule has 1 aromatic carbocycles. The van der Waals surface area contributed by atoms with Crippen LogP contribution in [0.5, 0.6) is 0 Å². The van der Waals surface area contributed by atoms with Crippen LogP contribution in [-0.4, -0.2) is 84.2 Å². The number of carbonyl (C=O) groups excluding carboxylic acids is 2. The number of halogens is 1. The average molecular weight is 781 g/mol. The number of aliphatic carboxylic acids is 1. The molecular formula is C47H73FN2O6. The zero-order valence-corrected chi connectivity index (χ0v) is 36.2. The number of benzene rings is 1. The van der Waals surface area contributed by atoms with Crippen LogP contribution in [0.4, 0.5) is 4.39 Å². The molecule has 0 aromatic heterocycles. The van der Waals surface area contributed by atoms with E-state index in [1.54, 1.807) is 13.8 Å². The first-order chi connectivity index (χ1) is 26.2. The molecule has 4 fully saturated rings. The third-order valence-corrected chi connectivity index (χ3v) is 16.1. The van der Waals surface area contributed by atoms with Crippen molar-refractivity contribution in [1.82, 2.24) is 9.80 Å². The summed E-state index contributed by atoms with van der Waals surface area (Å²) in [4.78, 5) is 40.1. The zero-order valence-electron chi connectivity index (χ0n) is 36.2. The molecule has 10 unspecified atom stereocenters. The van der Waals surface area contributed by atoms with Crippen LogP contribution < -0.4 is 0 Å². The van der Waals surface area contributed by atoms with Gasteiger partial charge in [-0.25, -0.2) is 4.39 Å². The number of fused-ring (bicyclic) bond motifs is 7. The Hall–Kier alpha value is -2.62. The van der Waals surface area contributed by atoms with Gasteiger partial charge in [-0.05, 0) is 155 Å². The lowest BCUT2D eigenvalue weighted by molar-refractivity contribution is -0.187. The Labute approximate surface area is 337 Å². The monoisotopic (exact) mass is 781 g/mol. The second-order valence-electron chi connectivity index (χ2n) is 20.2. The molecule has 314 valence electrons. The van der Waals surface area contributed by atoms with Crippen LogP contribution in [0.1, 0.15) is 125 Å². The smallest absolute Gasteiger partial charge is 0.309 e. The Morgan fingerprint density at radius 2 is 1.62 bits per heavy atom. The molecule has 9 heteroatoms. The maximum absolute atomic E-state index is 14.1. The van der Waals surface area contributed by atoms with Crippen LogP contribution in [0, 0.1) is 63.0 Å². The van der Waals surface area contributed by atoms with Gasteiger partial charge in [0, 0.05) is 38.0 Å². The third-order valence-electron chi connectivity index (χ3n) is 16.1. The van der Waals surface area contributed by atoms with Gasteiger partial charge in [-0.2, -0.15) is 0 Å². The molecule has 5 aliphatic rings. The van der Waals surface area contributed by atoms with Crippen molar-refractivity contribution in [3.05, 3.63) is 46.8 Å². The maximum atomic E-state index is 14.1. The number of Topliss-reactive ketones (excluding diaryl/α,β-unsaturated/α-hetero) is 1. The highest BCUT2D eigenvalue weighted by molar-refractivity contribution is 6.00. The summed E-state index contributed by atoms with van der Waals surface area (Å²) in [5, 5.41) is 20.9. The summed E-state index contributed by atoms with van der Waals surface area (Å²) in [6, 6.07) is 6.70. The van der Waals surface area contributed by atoms with Gasteiger partial charge in [-0.3, -0.25) is 19.3 Å². The van der Waals surface area contributed by atoms with E-state index in [1.165, 1.54) is 30.5 Å². The normalized spacial score (nSPS) is 34.6. The summed E-state index contributed by atoms with van der Waals surface area (Å²) in [5.41, 5.74) is 2.72. The first-order valence-electron chi connectivity index (χ1n) is 21.7. The molecule has 0 radical (unpaired) electrons. The van der Waals surface area contributed by atoms with Crippen molar-refractivity contribution in [2.24, 2.45) is 57.2 Å². The summed E-state index contributed by atoms with van der Waals surface area (Å²) in [5.74, 6) is 1.81. The lowest BCUT2D eigenvalue weighted by atomic mass is 9.38. The van der Waals surface area contributed by atoms with E-state index in [2.05, 4.69) is 58.5 Å². The fourth-order valence-corrected chi connectivity index (χ4v) is 12.6. The molecule has 8 nitrogen and oxygen atoms in total. The predicted molar refractivity (Wildman–Crippen MR) is 219 cm³/mol. The second-order valence-corrected chi connectivity index (χ2v) is 20.2. The maximum Gasteiger partial charge on any atom is 0.309 e. The van der Waals surface area contributed by atoms with E-state index in [0.29, 0.717) is 62.0 Å². The molecule has 0 bridgehead atoms. The molecule has 4 saturated carbocycles. The number of aliphatic hydroxyl groups excluding tert-OH is 1. The molecule has 6 rings (SSSR count). The Morgan fingerprint density at radius 1 is 1.00 bits per heavy atom. The Bertz CT molecular complexity index is 1590. The number of aliphatic hydroxyl groups is 1. The minimum absolute atomic E-state index is 0.0293. The quantitative estimate of drug-likeness (QED) is 0.192. The number of hydrogen-bond acceptors (Lipinski definition) is 7. The number of ether oxygens (including phenoxy) is 1. The number of allylic oxidation sites excluding steroid dienone is 1. The number of carboxylic acids is 1. The van der Waals surface area contributed by atoms with Gasteiger partial charge < -0.3 is 19.8 Å². The van der Waals surface area contributed by atoms with Gasteiger partial charge in [0.1, 0.15) is 11.9 Å².